The molecule has 0 saturated carbocycles. The average molecular weight is 905 g/mol. The topological polar surface area (TPSA) is 117 Å². The third-order valence-corrected chi connectivity index (χ3v) is 27.3. The molecule has 15 heteroatoms. The van der Waals surface area contributed by atoms with Crippen LogP contribution >= 0.6 is 0 Å². The second kappa shape index (κ2) is 29.8. The first kappa shape index (κ1) is 58.0. The molecule has 0 aliphatic rings. The zero-order chi connectivity index (χ0) is 40.5. The molecule has 0 spiro atoms. The van der Waals surface area contributed by atoms with Gasteiger partial charge < -0.3 is 36.3 Å². The maximum absolute atomic E-state index is 10.3. The summed E-state index contributed by atoms with van der Waals surface area (Å²) in [4.78, 5) is 20.7. The Morgan fingerprint density at radius 1 is 0.340 bits per heavy atom. The van der Waals surface area contributed by atoms with Crippen molar-refractivity contribution >= 4 is 62.3 Å². The van der Waals surface area contributed by atoms with Crippen molar-refractivity contribution in [1.82, 2.24) is 0 Å². The third kappa shape index (κ3) is 45.3. The van der Waals surface area contributed by atoms with Crippen molar-refractivity contribution in [3.05, 3.63) is 0 Å². The first-order valence-corrected chi connectivity index (χ1v) is 39.5. The van der Waals surface area contributed by atoms with Gasteiger partial charge in [-0.3, -0.25) is 0 Å². The molecule has 0 aromatic carbocycles. The molecule has 0 fully saturated rings. The number of unbranched alkanes of at least 4 members (excludes halogenated alkanes) is 16. The quantitative estimate of drug-likeness (QED) is 0.0484. The fourth-order valence-corrected chi connectivity index (χ4v) is 32.0. The molecular formula is C38H86O8Si6Zn. The molecule has 0 aromatic rings. The van der Waals surface area contributed by atoms with Crippen LogP contribution in [-0.4, -0.2) is 62.3 Å². The summed E-state index contributed by atoms with van der Waals surface area (Å²) in [5.74, 6) is -1.84. The van der Waals surface area contributed by atoms with Crippen molar-refractivity contribution in [3.8, 4) is 0 Å². The second-order valence-corrected chi connectivity index (χ2v) is 44.9. The van der Waals surface area contributed by atoms with Gasteiger partial charge in [-0.25, -0.2) is 0 Å². The molecule has 0 unspecified atom stereocenters. The normalized spacial score (nSPS) is 12.9. The molecule has 0 bridgehead atoms. The fourth-order valence-electron chi connectivity index (χ4n) is 6.74. The molecule has 0 amide bonds. The predicted molar refractivity (Wildman–Crippen MR) is 233 cm³/mol. The molecule has 0 heterocycles. The van der Waals surface area contributed by atoms with Gasteiger partial charge >= 0.3 is 36.6 Å². The van der Waals surface area contributed by atoms with Crippen molar-refractivity contribution in [2.45, 2.75) is 232 Å². The van der Waals surface area contributed by atoms with Crippen LogP contribution in [0.5, 0.6) is 0 Å². The second-order valence-electron chi connectivity index (χ2n) is 19.2. The average Bonchev–Trinajstić information content (AvgIpc) is 2.90. The van der Waals surface area contributed by atoms with E-state index in [-0.39, 0.29) is 32.3 Å². The van der Waals surface area contributed by atoms with Gasteiger partial charge in [-0.1, -0.05) is 103 Å². The van der Waals surface area contributed by atoms with Gasteiger partial charge in [-0.2, -0.15) is 0 Å². The van der Waals surface area contributed by atoms with Gasteiger partial charge in [-0.15, -0.1) is 0 Å². The number of carboxylic acids is 2. The molecule has 8 nitrogen and oxygen atoms in total. The predicted octanol–water partition coefficient (Wildman–Crippen LogP) is 10.8. The van der Waals surface area contributed by atoms with Crippen LogP contribution in [0.25, 0.3) is 0 Å². The summed E-state index contributed by atoms with van der Waals surface area (Å²) in [7, 11) is -10.4. The molecule has 0 saturated heterocycles. The van der Waals surface area contributed by atoms with Crippen molar-refractivity contribution in [1.29, 1.82) is 0 Å². The smallest absolute Gasteiger partial charge is 0.550 e. The Kier molecular flexibility index (Phi) is 32.7. The van der Waals surface area contributed by atoms with Crippen molar-refractivity contribution in [3.63, 3.8) is 0 Å². The molecule has 0 atom stereocenters. The number of rotatable bonds is 32. The van der Waals surface area contributed by atoms with Crippen LogP contribution in [0.15, 0.2) is 0 Å². The van der Waals surface area contributed by atoms with Gasteiger partial charge in [0.1, 0.15) is 0 Å². The summed E-state index contributed by atoms with van der Waals surface area (Å²) in [6.45, 7) is 31.7. The number of carboxylic acid groups (broad SMARTS) is 2. The Labute approximate surface area is 348 Å². The first-order chi connectivity index (χ1) is 23.7. The standard InChI is InChI=1S/2C19H44O4Si3.Zn/c2*1-24(2,3)22-26(7,23-25(4,5)6)18-16-14-12-10-8-9-11-13-15-17-19(20)21;/h2*8-18H2,1-7H3,(H,20,21);/q;;+2/p-2. The minimum Gasteiger partial charge on any atom is -0.550 e. The molecule has 0 N–H and O–H groups in total. The number of hydrogen-bond donors (Lipinski definition) is 0. The van der Waals surface area contributed by atoms with Crippen LogP contribution in [-0.2, 0) is 45.5 Å². The van der Waals surface area contributed by atoms with E-state index >= 15 is 0 Å². The van der Waals surface area contributed by atoms with E-state index in [1.165, 1.54) is 77.0 Å². The van der Waals surface area contributed by atoms with Crippen molar-refractivity contribution < 1.29 is 55.7 Å². The van der Waals surface area contributed by atoms with Crippen LogP contribution in [0, 0.1) is 0 Å². The Hall–Kier alpha value is 0.705. The SMILES string of the molecule is C[Si](C)(C)O[Si](C)(CCCCCCCCCCCC(=O)[O-])O[Si](C)(C)C.C[Si](C)(C)O[Si](C)(CCCCCCCCCCCC(=O)[O-])O[Si](C)(C)C.[Zn+2]. The maximum Gasteiger partial charge on any atom is 2.00 e. The van der Waals surface area contributed by atoms with Gasteiger partial charge in [0.2, 0.25) is 0 Å². The van der Waals surface area contributed by atoms with E-state index in [0.29, 0.717) is 0 Å². The van der Waals surface area contributed by atoms with E-state index in [1.807, 2.05) is 0 Å². The number of carbonyl (C=O) groups excluding carboxylic acids is 2. The van der Waals surface area contributed by atoms with Crippen LogP contribution in [0.1, 0.15) is 128 Å². The summed E-state index contributed by atoms with van der Waals surface area (Å²) in [6.07, 6.45) is 21.3. The molecule has 0 radical (unpaired) electrons. The zero-order valence-electron chi connectivity index (χ0n) is 37.5. The first-order valence-electron chi connectivity index (χ1n) is 20.9. The summed E-state index contributed by atoms with van der Waals surface area (Å²) < 4.78 is 26.2. The fraction of sp³-hybridized carbons (Fsp3) is 0.947. The van der Waals surface area contributed by atoms with Crippen LogP contribution in [0.4, 0.5) is 0 Å². The van der Waals surface area contributed by atoms with Crippen LogP contribution in [0.3, 0.4) is 0 Å². The molecular weight excluding hydrogens is 818 g/mol. The van der Waals surface area contributed by atoms with Gasteiger partial charge in [0.25, 0.3) is 0 Å². The van der Waals surface area contributed by atoms with Gasteiger partial charge in [0.05, 0.1) is 0 Å². The molecule has 312 valence electrons. The van der Waals surface area contributed by atoms with E-state index in [0.717, 1.165) is 50.6 Å². The number of aliphatic carboxylic acids is 2. The molecule has 0 aliphatic carbocycles. The van der Waals surface area contributed by atoms with Gasteiger partial charge in [0.15, 0.2) is 33.3 Å². The van der Waals surface area contributed by atoms with Gasteiger partial charge in [0, 0.05) is 11.9 Å². The summed E-state index contributed by atoms with van der Waals surface area (Å²) >= 11 is 0. The minimum absolute atomic E-state index is 0. The van der Waals surface area contributed by atoms with E-state index in [4.69, 9.17) is 16.5 Å². The molecule has 0 aliphatic heterocycles. The molecule has 0 rings (SSSR count). The number of hydrogen-bond acceptors (Lipinski definition) is 8. The van der Waals surface area contributed by atoms with E-state index in [9.17, 15) is 19.8 Å². The van der Waals surface area contributed by atoms with Crippen LogP contribution < -0.4 is 10.2 Å². The zero-order valence-corrected chi connectivity index (χ0v) is 46.5. The van der Waals surface area contributed by atoms with Gasteiger partial charge in [-0.05, 0) is 129 Å². The Balaban J connectivity index is -0.000000926. The van der Waals surface area contributed by atoms with Crippen molar-refractivity contribution in [2.75, 3.05) is 0 Å². The van der Waals surface area contributed by atoms with E-state index in [1.54, 1.807) is 0 Å². The van der Waals surface area contributed by atoms with E-state index in [2.05, 4.69) is 91.7 Å². The Morgan fingerprint density at radius 3 is 0.679 bits per heavy atom. The summed E-state index contributed by atoms with van der Waals surface area (Å²) in [5.41, 5.74) is 0. The largest absolute Gasteiger partial charge is 2.00 e. The maximum atomic E-state index is 10.3. The Bertz CT molecular complexity index is 828. The van der Waals surface area contributed by atoms with Crippen molar-refractivity contribution in [2.24, 2.45) is 0 Å². The Morgan fingerprint density at radius 2 is 0.509 bits per heavy atom. The summed E-state index contributed by atoms with van der Waals surface area (Å²) in [5, 5.41) is 20.7. The third-order valence-electron chi connectivity index (χ3n) is 8.11. The minimum atomic E-state index is -2.05. The molecule has 0 aromatic heterocycles. The monoisotopic (exact) mass is 902 g/mol. The summed E-state index contributed by atoms with van der Waals surface area (Å²) in [6, 6.07) is 2.23. The van der Waals surface area contributed by atoms with E-state index < -0.39 is 62.3 Å². The van der Waals surface area contributed by atoms with Crippen LogP contribution in [0.2, 0.25) is 104 Å². The number of carbonyl (C=O) groups is 2. The molecule has 53 heavy (non-hydrogen) atoms.